The van der Waals surface area contributed by atoms with Gasteiger partial charge in [0.15, 0.2) is 11.5 Å². The number of terminal acetylenes is 1. The van der Waals surface area contributed by atoms with Crippen LogP contribution in [0.25, 0.3) is 0 Å². The van der Waals surface area contributed by atoms with Crippen LogP contribution in [-0.4, -0.2) is 34.1 Å². The Morgan fingerprint density at radius 3 is 2.72 bits per heavy atom. The summed E-state index contributed by atoms with van der Waals surface area (Å²) in [6.07, 6.45) is 9.57. The maximum absolute atomic E-state index is 11.1. The van der Waals surface area contributed by atoms with Crippen molar-refractivity contribution in [3.63, 3.8) is 0 Å². The number of fused-ring (bicyclic) bond motifs is 5. The molecule has 4 nitrogen and oxygen atoms in total. The van der Waals surface area contributed by atoms with Crippen molar-refractivity contribution in [3.8, 4) is 23.8 Å². The third-order valence-corrected chi connectivity index (χ3v) is 7.51. The number of methoxy groups -OCH3 is 1. The Morgan fingerprint density at radius 1 is 1.28 bits per heavy atom. The van der Waals surface area contributed by atoms with Gasteiger partial charge in [0, 0.05) is 24.0 Å². The van der Waals surface area contributed by atoms with Crippen LogP contribution in [-0.2, 0) is 11.2 Å². The first-order valence-corrected chi connectivity index (χ1v) is 9.13. The predicted molar refractivity (Wildman–Crippen MR) is 94.4 cm³/mol. The molecule has 3 aliphatic carbocycles. The van der Waals surface area contributed by atoms with Crippen molar-refractivity contribution in [3.05, 3.63) is 23.3 Å². The molecule has 3 aliphatic rings. The van der Waals surface area contributed by atoms with Crippen LogP contribution >= 0.6 is 0 Å². The van der Waals surface area contributed by atoms with Crippen LogP contribution < -0.4 is 0 Å². The summed E-state index contributed by atoms with van der Waals surface area (Å²) in [6, 6.07) is 3.50. The summed E-state index contributed by atoms with van der Waals surface area (Å²) in [4.78, 5) is 0. The number of aliphatic hydroxyl groups is 1. The monoisotopic (exact) mass is 342 g/mol. The van der Waals surface area contributed by atoms with Crippen molar-refractivity contribution in [2.45, 2.75) is 56.7 Å². The lowest BCUT2D eigenvalue weighted by Crippen LogP contribution is -2.54. The van der Waals surface area contributed by atoms with Crippen LogP contribution in [0.15, 0.2) is 12.1 Å². The van der Waals surface area contributed by atoms with E-state index in [9.17, 15) is 15.3 Å². The number of hydrogen-bond donors (Lipinski definition) is 3. The van der Waals surface area contributed by atoms with Crippen molar-refractivity contribution >= 4 is 0 Å². The van der Waals surface area contributed by atoms with Gasteiger partial charge in [-0.2, -0.15) is 0 Å². The van der Waals surface area contributed by atoms with Gasteiger partial charge in [-0.25, -0.2) is 0 Å². The van der Waals surface area contributed by atoms with Gasteiger partial charge in [-0.1, -0.05) is 18.9 Å². The molecule has 0 aromatic heterocycles. The van der Waals surface area contributed by atoms with E-state index in [-0.39, 0.29) is 28.9 Å². The summed E-state index contributed by atoms with van der Waals surface area (Å²) < 4.78 is 5.87. The summed E-state index contributed by atoms with van der Waals surface area (Å²) in [7, 11) is 1.71. The highest BCUT2D eigenvalue weighted by atomic mass is 16.5. The molecule has 0 bridgehead atoms. The van der Waals surface area contributed by atoms with Crippen LogP contribution in [0.4, 0.5) is 0 Å². The third-order valence-electron chi connectivity index (χ3n) is 7.51. The second-order valence-electron chi connectivity index (χ2n) is 8.27. The zero-order valence-electron chi connectivity index (χ0n) is 14.8. The zero-order valence-corrected chi connectivity index (χ0v) is 14.8. The Labute approximate surface area is 148 Å². The molecule has 0 unspecified atom stereocenters. The van der Waals surface area contributed by atoms with Gasteiger partial charge in [0.1, 0.15) is 5.60 Å². The van der Waals surface area contributed by atoms with Gasteiger partial charge in [-0.15, -0.1) is 6.42 Å². The fraction of sp³-hybridized carbons (Fsp3) is 0.619. The molecule has 0 spiro atoms. The number of rotatable bonds is 1. The van der Waals surface area contributed by atoms with E-state index >= 15 is 0 Å². The molecular formula is C21H26O4. The van der Waals surface area contributed by atoms with Gasteiger partial charge in [-0.3, -0.25) is 0 Å². The summed E-state index contributed by atoms with van der Waals surface area (Å²) >= 11 is 0. The largest absolute Gasteiger partial charge is 0.504 e. The molecular weight excluding hydrogens is 316 g/mol. The topological polar surface area (TPSA) is 69.9 Å². The number of aromatic hydroxyl groups is 2. The minimum atomic E-state index is -1.07. The lowest BCUT2D eigenvalue weighted by atomic mass is 9.52. The second-order valence-corrected chi connectivity index (χ2v) is 8.27. The van der Waals surface area contributed by atoms with Crippen molar-refractivity contribution in [1.82, 2.24) is 0 Å². The molecule has 1 aromatic carbocycles. The van der Waals surface area contributed by atoms with E-state index in [0.717, 1.165) is 30.4 Å². The molecule has 4 rings (SSSR count). The van der Waals surface area contributed by atoms with Gasteiger partial charge in [0.25, 0.3) is 0 Å². The van der Waals surface area contributed by atoms with Crippen molar-refractivity contribution in [2.75, 3.05) is 7.11 Å². The number of phenols is 2. The highest BCUT2D eigenvalue weighted by molar-refractivity contribution is 5.52. The fourth-order valence-corrected chi connectivity index (χ4v) is 6.16. The Bertz CT molecular complexity index is 751. The van der Waals surface area contributed by atoms with Gasteiger partial charge in [0.2, 0.25) is 0 Å². The van der Waals surface area contributed by atoms with E-state index in [0.29, 0.717) is 24.7 Å². The Kier molecular flexibility index (Phi) is 3.62. The van der Waals surface area contributed by atoms with Gasteiger partial charge in [-0.05, 0) is 55.6 Å². The molecule has 6 atom stereocenters. The first kappa shape index (κ1) is 16.8. The van der Waals surface area contributed by atoms with Crippen LogP contribution in [0.1, 0.15) is 49.7 Å². The number of benzene rings is 1. The predicted octanol–water partition coefficient (Wildman–Crippen LogP) is 2.94. The smallest absolute Gasteiger partial charge is 0.160 e. The van der Waals surface area contributed by atoms with E-state index < -0.39 is 5.60 Å². The van der Waals surface area contributed by atoms with E-state index in [1.165, 1.54) is 0 Å². The molecule has 0 saturated heterocycles. The molecule has 4 heteroatoms. The lowest BCUT2D eigenvalue weighted by Gasteiger charge is -2.54. The minimum absolute atomic E-state index is 0.00527. The fourth-order valence-electron chi connectivity index (χ4n) is 6.16. The highest BCUT2D eigenvalue weighted by Gasteiger charge is 2.63. The molecule has 134 valence electrons. The number of phenolic OH excluding ortho intramolecular Hbond substituents is 2. The first-order chi connectivity index (χ1) is 11.9. The van der Waals surface area contributed by atoms with Crippen molar-refractivity contribution < 1.29 is 20.1 Å². The van der Waals surface area contributed by atoms with Crippen molar-refractivity contribution in [2.24, 2.45) is 17.3 Å². The minimum Gasteiger partial charge on any atom is -0.504 e. The van der Waals surface area contributed by atoms with E-state index in [2.05, 4.69) is 12.8 Å². The average Bonchev–Trinajstić information content (AvgIpc) is 2.88. The average molecular weight is 342 g/mol. The highest BCUT2D eigenvalue weighted by Crippen LogP contribution is 2.65. The van der Waals surface area contributed by atoms with E-state index in [4.69, 9.17) is 11.2 Å². The summed E-state index contributed by atoms with van der Waals surface area (Å²) in [5, 5.41) is 31.2. The van der Waals surface area contributed by atoms with Crippen LogP contribution in [0, 0.1) is 29.6 Å². The third kappa shape index (κ3) is 2.03. The SMILES string of the molecule is C#C[C@]1(O)CC[C@H]2[C@@H]3CCc4c(ccc(O)c4O)[C@H]3[C@@H](OC)C[C@@]21C. The first-order valence-electron chi connectivity index (χ1n) is 9.13. The van der Waals surface area contributed by atoms with Crippen LogP contribution in [0.2, 0.25) is 0 Å². The van der Waals surface area contributed by atoms with E-state index in [1.54, 1.807) is 13.2 Å². The molecule has 0 aliphatic heterocycles. The van der Waals surface area contributed by atoms with Gasteiger partial charge in [0.05, 0.1) is 6.10 Å². The summed E-state index contributed by atoms with van der Waals surface area (Å²) in [6.45, 7) is 2.12. The molecule has 25 heavy (non-hydrogen) atoms. The molecule has 0 amide bonds. The number of hydrogen-bond acceptors (Lipinski definition) is 4. The summed E-state index contributed by atoms with van der Waals surface area (Å²) in [5.74, 6) is 3.50. The molecule has 3 N–H and O–H groups in total. The van der Waals surface area contributed by atoms with Crippen molar-refractivity contribution in [1.29, 1.82) is 0 Å². The van der Waals surface area contributed by atoms with Gasteiger partial charge < -0.3 is 20.1 Å². The quantitative estimate of drug-likeness (QED) is 0.542. The number of ether oxygens (including phenoxy) is 1. The van der Waals surface area contributed by atoms with Crippen LogP contribution in [0.5, 0.6) is 11.5 Å². The molecule has 2 fully saturated rings. The Morgan fingerprint density at radius 2 is 2.04 bits per heavy atom. The molecule has 2 saturated carbocycles. The second kappa shape index (κ2) is 5.40. The van der Waals surface area contributed by atoms with Gasteiger partial charge >= 0.3 is 0 Å². The Hall–Kier alpha value is -1.70. The molecule has 0 heterocycles. The molecule has 0 radical (unpaired) electrons. The lowest BCUT2D eigenvalue weighted by molar-refractivity contribution is -0.117. The Balaban J connectivity index is 1.82. The summed E-state index contributed by atoms with van der Waals surface area (Å²) in [5.41, 5.74) is 0.505. The standard InChI is InChI=1S/C21H26O4/c1-4-21(24)10-9-15-14-6-5-13-12(7-8-16(22)19(13)23)18(14)17(25-3)11-20(15,21)2/h1,7-8,14-15,17-18,22-24H,5-6,9-11H2,2-3H3/t14-,15-,17-,18+,20-,21-/m0/s1. The normalized spacial score (nSPS) is 42.2. The maximum atomic E-state index is 11.1. The zero-order chi connectivity index (χ0) is 18.0. The van der Waals surface area contributed by atoms with Crippen LogP contribution in [0.3, 0.4) is 0 Å². The maximum Gasteiger partial charge on any atom is 0.160 e. The molecule has 1 aromatic rings. The van der Waals surface area contributed by atoms with E-state index in [1.807, 2.05) is 6.07 Å².